The van der Waals surface area contributed by atoms with Gasteiger partial charge in [0.15, 0.2) is 0 Å². The Bertz CT molecular complexity index is 2150. The normalized spacial score (nSPS) is 13.8. The lowest BCUT2D eigenvalue weighted by Gasteiger charge is -2.21. The second kappa shape index (κ2) is 7.43. The minimum Gasteiger partial charge on any atom is -0.309 e. The number of imidazole rings is 1. The van der Waals surface area contributed by atoms with Gasteiger partial charge < -0.3 is 4.57 Å². The highest BCUT2D eigenvalue weighted by atomic mass is 32.2. The predicted molar refractivity (Wildman–Crippen MR) is 151 cm³/mol. The number of benzene rings is 5. The summed E-state index contributed by atoms with van der Waals surface area (Å²) >= 11 is 0. The highest BCUT2D eigenvalue weighted by Crippen LogP contribution is 2.41. The van der Waals surface area contributed by atoms with E-state index in [0.29, 0.717) is 26.5 Å². The third-order valence-electron chi connectivity index (χ3n) is 7.63. The van der Waals surface area contributed by atoms with E-state index in [-0.39, 0.29) is 0 Å². The van der Waals surface area contributed by atoms with Crippen molar-refractivity contribution in [1.29, 1.82) is 0 Å². The third kappa shape index (κ3) is 2.75. The number of aromatic nitrogens is 3. The van der Waals surface area contributed by atoms with Gasteiger partial charge in [-0.15, -0.1) is 0 Å². The molecule has 0 aliphatic carbocycles. The first-order valence-corrected chi connectivity index (χ1v) is 14.0. The van der Waals surface area contributed by atoms with Crippen molar-refractivity contribution in [3.8, 4) is 22.5 Å². The number of hydrogen-bond donors (Lipinski definition) is 0. The molecule has 5 nitrogen and oxygen atoms in total. The van der Waals surface area contributed by atoms with Crippen LogP contribution in [0.2, 0.25) is 0 Å². The molecule has 5 aromatic carbocycles. The van der Waals surface area contributed by atoms with Crippen molar-refractivity contribution in [3.63, 3.8) is 0 Å². The van der Waals surface area contributed by atoms with E-state index in [9.17, 15) is 8.42 Å². The second-order valence-corrected chi connectivity index (χ2v) is 11.6. The van der Waals surface area contributed by atoms with Crippen LogP contribution in [-0.2, 0) is 9.84 Å². The molecule has 0 unspecified atom stereocenters. The molecule has 8 rings (SSSR count). The monoisotopic (exact) mass is 511 g/mol. The molecular formula is C32H21N3O2S. The van der Waals surface area contributed by atoms with E-state index in [2.05, 4.69) is 82.3 Å². The molecular weight excluding hydrogens is 490 g/mol. The van der Waals surface area contributed by atoms with E-state index < -0.39 is 9.84 Å². The standard InChI is InChI=1S/C32H21N3O2S/c1-20-33-26-9-6-12-30-32(26)34(20)29-18-15-22(19-31(29)38(30,36)37)21-13-16-23(17-14-21)35-27-10-4-2-7-24(27)25-8-3-5-11-28(25)35/h2-19H,1H3. The van der Waals surface area contributed by atoms with Gasteiger partial charge in [0.25, 0.3) is 0 Å². The largest absolute Gasteiger partial charge is 0.309 e. The molecule has 0 radical (unpaired) electrons. The fourth-order valence-electron chi connectivity index (χ4n) is 5.94. The summed E-state index contributed by atoms with van der Waals surface area (Å²) < 4.78 is 31.6. The molecule has 1 aliphatic rings. The minimum absolute atomic E-state index is 0.307. The number of aryl methyl sites for hydroxylation is 1. The molecule has 1 aliphatic heterocycles. The third-order valence-corrected chi connectivity index (χ3v) is 9.44. The van der Waals surface area contributed by atoms with Crippen LogP contribution in [0.1, 0.15) is 5.82 Å². The summed E-state index contributed by atoms with van der Waals surface area (Å²) in [6, 6.07) is 36.1. The maximum atomic E-state index is 13.7. The topological polar surface area (TPSA) is 56.9 Å². The van der Waals surface area contributed by atoms with Gasteiger partial charge in [0.05, 0.1) is 37.5 Å². The lowest BCUT2D eigenvalue weighted by Crippen LogP contribution is -2.15. The van der Waals surface area contributed by atoms with Gasteiger partial charge in [-0.3, -0.25) is 4.57 Å². The average molecular weight is 512 g/mol. The maximum Gasteiger partial charge on any atom is 0.210 e. The SMILES string of the molecule is Cc1nc2cccc3c2n1-c1ccc(-c2ccc(-n4c5ccccc5c5ccccc54)cc2)cc1S3(=O)=O. The quantitative estimate of drug-likeness (QED) is 0.246. The molecule has 0 spiro atoms. The Morgan fingerprint density at radius 2 is 1.29 bits per heavy atom. The summed E-state index contributed by atoms with van der Waals surface area (Å²) in [6.45, 7) is 1.91. The van der Waals surface area contributed by atoms with Crippen molar-refractivity contribution in [2.75, 3.05) is 0 Å². The fraction of sp³-hybridized carbons (Fsp3) is 0.0312. The van der Waals surface area contributed by atoms with E-state index >= 15 is 0 Å². The van der Waals surface area contributed by atoms with E-state index in [0.717, 1.165) is 33.7 Å². The molecule has 2 aromatic heterocycles. The van der Waals surface area contributed by atoms with Crippen LogP contribution in [0.5, 0.6) is 0 Å². The fourth-order valence-corrected chi connectivity index (χ4v) is 7.60. The molecule has 6 heteroatoms. The molecule has 182 valence electrons. The summed E-state index contributed by atoms with van der Waals surface area (Å²) in [5, 5.41) is 2.44. The molecule has 0 fully saturated rings. The van der Waals surface area contributed by atoms with Crippen molar-refractivity contribution < 1.29 is 8.42 Å². The molecule has 0 amide bonds. The van der Waals surface area contributed by atoms with Crippen molar-refractivity contribution >= 4 is 42.7 Å². The van der Waals surface area contributed by atoms with Gasteiger partial charge in [0.2, 0.25) is 9.84 Å². The zero-order chi connectivity index (χ0) is 25.6. The Morgan fingerprint density at radius 3 is 2.00 bits per heavy atom. The summed E-state index contributed by atoms with van der Waals surface area (Å²) in [5.41, 5.74) is 7.17. The van der Waals surface area contributed by atoms with Crippen LogP contribution in [0, 0.1) is 6.92 Å². The number of rotatable bonds is 2. The van der Waals surface area contributed by atoms with Crippen molar-refractivity contribution in [3.05, 3.63) is 115 Å². The van der Waals surface area contributed by atoms with Gasteiger partial charge >= 0.3 is 0 Å². The van der Waals surface area contributed by atoms with Gasteiger partial charge in [0.1, 0.15) is 5.82 Å². The molecule has 38 heavy (non-hydrogen) atoms. The van der Waals surface area contributed by atoms with Crippen LogP contribution >= 0.6 is 0 Å². The predicted octanol–water partition coefficient (Wildman–Crippen LogP) is 7.24. The molecule has 3 heterocycles. The van der Waals surface area contributed by atoms with Crippen LogP contribution in [-0.4, -0.2) is 22.5 Å². The Morgan fingerprint density at radius 1 is 0.632 bits per heavy atom. The zero-order valence-corrected chi connectivity index (χ0v) is 21.3. The van der Waals surface area contributed by atoms with Crippen molar-refractivity contribution in [2.24, 2.45) is 0 Å². The van der Waals surface area contributed by atoms with E-state index in [1.165, 1.54) is 10.8 Å². The lowest BCUT2D eigenvalue weighted by atomic mass is 10.0. The summed E-state index contributed by atoms with van der Waals surface area (Å²) in [6.07, 6.45) is 0. The summed E-state index contributed by atoms with van der Waals surface area (Å²) in [4.78, 5) is 5.22. The van der Waals surface area contributed by atoms with Crippen LogP contribution in [0.25, 0.3) is 55.3 Å². The molecule has 0 bridgehead atoms. The van der Waals surface area contributed by atoms with Crippen LogP contribution in [0.4, 0.5) is 0 Å². The van der Waals surface area contributed by atoms with Crippen molar-refractivity contribution in [1.82, 2.24) is 14.1 Å². The summed E-state index contributed by atoms with van der Waals surface area (Å²) in [7, 11) is -3.68. The van der Waals surface area contributed by atoms with E-state index in [1.54, 1.807) is 18.2 Å². The maximum absolute atomic E-state index is 13.7. The smallest absolute Gasteiger partial charge is 0.210 e. The number of para-hydroxylation sites is 3. The zero-order valence-electron chi connectivity index (χ0n) is 20.5. The first-order chi connectivity index (χ1) is 18.5. The Hall–Kier alpha value is -4.68. The van der Waals surface area contributed by atoms with Crippen molar-refractivity contribution in [2.45, 2.75) is 16.7 Å². The summed E-state index contributed by atoms with van der Waals surface area (Å²) in [5.74, 6) is 0.770. The molecule has 0 N–H and O–H groups in total. The average Bonchev–Trinajstić information content (AvgIpc) is 3.46. The number of sulfone groups is 1. The lowest BCUT2D eigenvalue weighted by molar-refractivity contribution is 0.594. The number of nitrogens with zero attached hydrogens (tertiary/aromatic N) is 3. The van der Waals surface area contributed by atoms with Gasteiger partial charge in [0, 0.05) is 16.5 Å². The highest BCUT2D eigenvalue weighted by molar-refractivity contribution is 7.92. The molecule has 7 aromatic rings. The Labute approximate surface area is 219 Å². The number of fused-ring (bicyclic) bond motifs is 5. The Kier molecular flexibility index (Phi) is 4.19. The van der Waals surface area contributed by atoms with Gasteiger partial charge in [-0.2, -0.15) is 0 Å². The second-order valence-electron chi connectivity index (χ2n) is 9.72. The van der Waals surface area contributed by atoms with Crippen LogP contribution < -0.4 is 0 Å². The minimum atomic E-state index is -3.68. The van der Waals surface area contributed by atoms with Crippen LogP contribution in [0.15, 0.2) is 119 Å². The first kappa shape index (κ1) is 21.4. The molecule has 0 saturated carbocycles. The molecule has 0 atom stereocenters. The van der Waals surface area contributed by atoms with E-state index in [1.807, 2.05) is 29.7 Å². The van der Waals surface area contributed by atoms with Gasteiger partial charge in [-0.05, 0) is 66.6 Å². The molecule has 0 saturated heterocycles. The number of hydrogen-bond acceptors (Lipinski definition) is 3. The van der Waals surface area contributed by atoms with Gasteiger partial charge in [-0.1, -0.05) is 60.7 Å². The van der Waals surface area contributed by atoms with E-state index in [4.69, 9.17) is 0 Å². The van der Waals surface area contributed by atoms with Gasteiger partial charge in [-0.25, -0.2) is 13.4 Å². The van der Waals surface area contributed by atoms with Crippen LogP contribution in [0.3, 0.4) is 0 Å². The highest BCUT2D eigenvalue weighted by Gasteiger charge is 2.32. The first-order valence-electron chi connectivity index (χ1n) is 12.5. The Balaban J connectivity index is 1.28.